The first-order chi connectivity index (χ1) is 14.8. The number of anilines is 2. The van der Waals surface area contributed by atoms with Crippen LogP contribution in [0.4, 0.5) is 11.4 Å². The zero-order chi connectivity index (χ0) is 22.2. The first-order valence-corrected chi connectivity index (χ1v) is 10.8. The van der Waals surface area contributed by atoms with E-state index in [0.29, 0.717) is 27.3 Å². The van der Waals surface area contributed by atoms with Crippen LogP contribution in [0.1, 0.15) is 37.3 Å². The molecule has 1 aliphatic heterocycles. The van der Waals surface area contributed by atoms with Crippen molar-refractivity contribution in [2.75, 3.05) is 10.2 Å². The van der Waals surface area contributed by atoms with E-state index >= 15 is 0 Å². The van der Waals surface area contributed by atoms with Crippen LogP contribution in [0.15, 0.2) is 72.8 Å². The average Bonchev–Trinajstić information content (AvgIpc) is 2.75. The highest BCUT2D eigenvalue weighted by molar-refractivity contribution is 6.31. The summed E-state index contributed by atoms with van der Waals surface area (Å²) in [5, 5.41) is 4.11. The molecule has 1 saturated heterocycles. The lowest BCUT2D eigenvalue weighted by atomic mass is 9.75. The molecule has 0 saturated carbocycles. The zero-order valence-corrected chi connectivity index (χ0v) is 18.7. The molecule has 158 valence electrons. The third-order valence-electron chi connectivity index (χ3n) is 5.66. The summed E-state index contributed by atoms with van der Waals surface area (Å²) in [6.07, 6.45) is 0.0794. The number of benzene rings is 3. The highest BCUT2D eigenvalue weighted by atomic mass is 35.5. The molecule has 1 heterocycles. The molecule has 0 aliphatic carbocycles. The molecule has 4 nitrogen and oxygen atoms in total. The standard InChI is InChI=1S/C25H22Cl2N2O2/c1-16(2)17-3-5-18(6-4-17)25(24(31)28-21-11-7-19(26)8-12-21)15-23(30)29(25)22-13-9-20(27)10-14-22/h3-14,16H,15H2,1-2H3,(H,28,31). The lowest BCUT2D eigenvalue weighted by Crippen LogP contribution is -2.67. The Balaban J connectivity index is 1.78. The number of carbonyl (C=O) groups excluding carboxylic acids is 2. The lowest BCUT2D eigenvalue weighted by Gasteiger charge is -2.50. The second-order valence-electron chi connectivity index (χ2n) is 7.98. The Hall–Kier alpha value is -2.82. The highest BCUT2D eigenvalue weighted by Crippen LogP contribution is 2.46. The quantitative estimate of drug-likeness (QED) is 0.456. The molecule has 31 heavy (non-hydrogen) atoms. The monoisotopic (exact) mass is 452 g/mol. The van der Waals surface area contributed by atoms with Gasteiger partial charge in [0.15, 0.2) is 5.54 Å². The molecule has 3 aromatic carbocycles. The van der Waals surface area contributed by atoms with Crippen molar-refractivity contribution in [2.24, 2.45) is 0 Å². The molecule has 1 fully saturated rings. The van der Waals surface area contributed by atoms with Gasteiger partial charge >= 0.3 is 0 Å². The maximum atomic E-state index is 13.7. The van der Waals surface area contributed by atoms with Crippen molar-refractivity contribution in [2.45, 2.75) is 31.7 Å². The molecule has 4 rings (SSSR count). The maximum absolute atomic E-state index is 13.7. The highest BCUT2D eigenvalue weighted by Gasteiger charge is 2.58. The third-order valence-corrected chi connectivity index (χ3v) is 6.16. The van der Waals surface area contributed by atoms with Crippen molar-refractivity contribution in [3.63, 3.8) is 0 Å². The van der Waals surface area contributed by atoms with E-state index in [1.54, 1.807) is 53.4 Å². The van der Waals surface area contributed by atoms with E-state index < -0.39 is 5.54 Å². The topological polar surface area (TPSA) is 49.4 Å². The molecule has 1 atom stereocenters. The smallest absolute Gasteiger partial charge is 0.255 e. The molecule has 1 N–H and O–H groups in total. The second-order valence-corrected chi connectivity index (χ2v) is 8.85. The van der Waals surface area contributed by atoms with E-state index in [0.717, 1.165) is 5.56 Å². The van der Waals surface area contributed by atoms with Crippen LogP contribution < -0.4 is 10.2 Å². The van der Waals surface area contributed by atoms with Crippen LogP contribution in [0.5, 0.6) is 0 Å². The summed E-state index contributed by atoms with van der Waals surface area (Å²) >= 11 is 12.0. The van der Waals surface area contributed by atoms with Gasteiger partial charge in [0.25, 0.3) is 5.91 Å². The van der Waals surface area contributed by atoms with Crippen LogP contribution in [0.3, 0.4) is 0 Å². The fraction of sp³-hybridized carbons (Fsp3) is 0.200. The Morgan fingerprint density at radius 3 is 1.97 bits per heavy atom. The van der Waals surface area contributed by atoms with Crippen LogP contribution in [0.25, 0.3) is 0 Å². The van der Waals surface area contributed by atoms with Crippen molar-refractivity contribution in [1.82, 2.24) is 0 Å². The van der Waals surface area contributed by atoms with Crippen molar-refractivity contribution in [1.29, 1.82) is 0 Å². The Morgan fingerprint density at radius 1 is 0.903 bits per heavy atom. The molecule has 0 spiro atoms. The summed E-state index contributed by atoms with van der Waals surface area (Å²) in [4.78, 5) is 28.0. The van der Waals surface area contributed by atoms with Gasteiger partial charge in [-0.05, 0) is 65.6 Å². The van der Waals surface area contributed by atoms with Gasteiger partial charge in [0.05, 0.1) is 6.42 Å². The van der Waals surface area contributed by atoms with Gasteiger partial charge in [-0.1, -0.05) is 61.3 Å². The Morgan fingerprint density at radius 2 is 1.45 bits per heavy atom. The van der Waals surface area contributed by atoms with E-state index in [2.05, 4.69) is 19.2 Å². The summed E-state index contributed by atoms with van der Waals surface area (Å²) in [7, 11) is 0. The van der Waals surface area contributed by atoms with E-state index in [1.165, 1.54) is 5.56 Å². The number of hydrogen-bond acceptors (Lipinski definition) is 2. The van der Waals surface area contributed by atoms with Crippen molar-refractivity contribution in [3.05, 3.63) is 94.0 Å². The minimum absolute atomic E-state index is 0.0794. The second kappa shape index (κ2) is 8.37. The predicted octanol–water partition coefficient (Wildman–Crippen LogP) is 6.39. The summed E-state index contributed by atoms with van der Waals surface area (Å²) in [5.41, 5.74) is 2.02. The van der Waals surface area contributed by atoms with Gasteiger partial charge in [0.2, 0.25) is 5.91 Å². The van der Waals surface area contributed by atoms with Crippen LogP contribution >= 0.6 is 23.2 Å². The van der Waals surface area contributed by atoms with E-state index in [1.807, 2.05) is 24.3 Å². The van der Waals surface area contributed by atoms with Gasteiger partial charge in [-0.3, -0.25) is 14.5 Å². The minimum Gasteiger partial charge on any atom is -0.324 e. The maximum Gasteiger partial charge on any atom is 0.255 e. The number of β-lactam (4-membered cyclic amide) rings is 1. The first kappa shape index (κ1) is 21.4. The first-order valence-electron chi connectivity index (χ1n) is 10.1. The summed E-state index contributed by atoms with van der Waals surface area (Å²) in [6, 6.07) is 21.7. The summed E-state index contributed by atoms with van der Waals surface area (Å²) in [6.45, 7) is 4.23. The number of halogens is 2. The van der Waals surface area contributed by atoms with Crippen LogP contribution in [0.2, 0.25) is 10.0 Å². The van der Waals surface area contributed by atoms with Crippen molar-refractivity contribution in [3.8, 4) is 0 Å². The normalized spacial score (nSPS) is 18.1. The molecule has 0 bridgehead atoms. The van der Waals surface area contributed by atoms with Crippen molar-refractivity contribution < 1.29 is 9.59 Å². The Kier molecular flexibility index (Phi) is 5.78. The lowest BCUT2D eigenvalue weighted by molar-refractivity contribution is -0.137. The molecular formula is C25H22Cl2N2O2. The average molecular weight is 453 g/mol. The van der Waals surface area contributed by atoms with Gasteiger partial charge in [0, 0.05) is 21.4 Å². The Labute approximate surface area is 191 Å². The fourth-order valence-electron chi connectivity index (χ4n) is 3.91. The molecule has 2 amide bonds. The number of nitrogens with one attached hydrogen (secondary N) is 1. The molecule has 1 aliphatic rings. The summed E-state index contributed by atoms with van der Waals surface area (Å²) < 4.78 is 0. The zero-order valence-electron chi connectivity index (χ0n) is 17.2. The van der Waals surface area contributed by atoms with E-state index in [4.69, 9.17) is 23.2 Å². The molecular weight excluding hydrogens is 431 g/mol. The minimum atomic E-state index is -1.15. The number of hydrogen-bond donors (Lipinski definition) is 1. The van der Waals surface area contributed by atoms with E-state index in [-0.39, 0.29) is 18.2 Å². The molecule has 3 aromatic rings. The largest absolute Gasteiger partial charge is 0.324 e. The molecule has 1 unspecified atom stereocenters. The van der Waals surface area contributed by atoms with Crippen molar-refractivity contribution >= 4 is 46.4 Å². The van der Waals surface area contributed by atoms with Gasteiger partial charge in [0.1, 0.15) is 0 Å². The molecule has 6 heteroatoms. The number of nitrogens with zero attached hydrogens (tertiary/aromatic N) is 1. The number of rotatable bonds is 5. The molecule has 0 radical (unpaired) electrons. The van der Waals surface area contributed by atoms with Gasteiger partial charge in [-0.15, -0.1) is 0 Å². The summed E-state index contributed by atoms with van der Waals surface area (Å²) in [5.74, 6) is -0.0357. The predicted molar refractivity (Wildman–Crippen MR) is 126 cm³/mol. The fourth-order valence-corrected chi connectivity index (χ4v) is 4.16. The van der Waals surface area contributed by atoms with Crippen LogP contribution in [-0.4, -0.2) is 11.8 Å². The van der Waals surface area contributed by atoms with E-state index in [9.17, 15) is 9.59 Å². The SMILES string of the molecule is CC(C)c1ccc(C2(C(=O)Nc3ccc(Cl)cc3)CC(=O)N2c2ccc(Cl)cc2)cc1. The van der Waals surface area contributed by atoms with Crippen LogP contribution in [-0.2, 0) is 15.1 Å². The molecule has 0 aromatic heterocycles. The number of carbonyl (C=O) groups is 2. The third kappa shape index (κ3) is 3.93. The van der Waals surface area contributed by atoms with Crippen LogP contribution in [0, 0.1) is 0 Å². The number of amides is 2. The van der Waals surface area contributed by atoms with Gasteiger partial charge in [-0.2, -0.15) is 0 Å². The Bertz CT molecular complexity index is 1110. The van der Waals surface area contributed by atoms with Gasteiger partial charge in [-0.25, -0.2) is 0 Å². The van der Waals surface area contributed by atoms with Gasteiger partial charge < -0.3 is 5.32 Å².